The molecule has 5 N–H and O–H groups in total. The van der Waals surface area contributed by atoms with Crippen molar-refractivity contribution in [1.29, 1.82) is 0 Å². The van der Waals surface area contributed by atoms with Crippen molar-refractivity contribution in [2.24, 2.45) is 5.73 Å². The Labute approximate surface area is 90.9 Å². The minimum absolute atomic E-state index is 0.0148. The lowest BCUT2D eigenvalue weighted by Crippen LogP contribution is -2.33. The number of hydrogen-bond donors (Lipinski definition) is 4. The summed E-state index contributed by atoms with van der Waals surface area (Å²) in [7, 11) is 0. The summed E-state index contributed by atoms with van der Waals surface area (Å²) < 4.78 is 13.2. The first-order valence-electron chi connectivity index (χ1n) is 4.52. The van der Waals surface area contributed by atoms with Crippen LogP contribution in [0.2, 0.25) is 0 Å². The fraction of sp³-hybridized carbons (Fsp3) is 0.300. The van der Waals surface area contributed by atoms with Gasteiger partial charge in [-0.3, -0.25) is 4.79 Å². The van der Waals surface area contributed by atoms with E-state index in [1.807, 2.05) is 0 Å². The number of amides is 1. The molecule has 5 nitrogen and oxygen atoms in total. The average Bonchev–Trinajstić information content (AvgIpc) is 2.26. The molecular weight excluding hydrogens is 217 g/mol. The van der Waals surface area contributed by atoms with Crippen molar-refractivity contribution < 1.29 is 24.5 Å². The van der Waals surface area contributed by atoms with Gasteiger partial charge in [-0.15, -0.1) is 0 Å². The van der Waals surface area contributed by atoms with E-state index in [9.17, 15) is 14.3 Å². The highest BCUT2D eigenvalue weighted by Gasteiger charge is 2.23. The smallest absolute Gasteiger partial charge is 0.249 e. The fourth-order valence-electron chi connectivity index (χ4n) is 1.21. The van der Waals surface area contributed by atoms with Gasteiger partial charge >= 0.3 is 0 Å². The third-order valence-electron chi connectivity index (χ3n) is 2.18. The van der Waals surface area contributed by atoms with Gasteiger partial charge in [0.05, 0.1) is 6.61 Å². The topological polar surface area (TPSA) is 104 Å². The second kappa shape index (κ2) is 5.02. The van der Waals surface area contributed by atoms with Gasteiger partial charge in [-0.05, 0) is 11.6 Å². The van der Waals surface area contributed by atoms with Crippen LogP contribution in [0.15, 0.2) is 18.2 Å². The zero-order chi connectivity index (χ0) is 12.3. The molecule has 88 valence electrons. The van der Waals surface area contributed by atoms with Gasteiger partial charge in [0.1, 0.15) is 11.9 Å². The summed E-state index contributed by atoms with van der Waals surface area (Å²) in [5, 5.41) is 27.4. The zero-order valence-electron chi connectivity index (χ0n) is 8.30. The maximum absolute atomic E-state index is 13.2. The van der Waals surface area contributed by atoms with Crippen LogP contribution in [0.3, 0.4) is 0 Å². The molecule has 0 aliphatic rings. The third kappa shape index (κ3) is 2.54. The highest BCUT2D eigenvalue weighted by atomic mass is 19.1. The summed E-state index contributed by atoms with van der Waals surface area (Å²) in [4.78, 5) is 10.6. The van der Waals surface area contributed by atoms with Gasteiger partial charge in [0, 0.05) is 5.56 Å². The summed E-state index contributed by atoms with van der Waals surface area (Å²) in [6, 6.07) is 3.48. The predicted octanol–water partition coefficient (Wildman–Crippen LogP) is -0.802. The number of nitrogens with two attached hydrogens (primary N) is 1. The Balaban J connectivity index is 2.97. The summed E-state index contributed by atoms with van der Waals surface area (Å²) in [5.74, 6) is -1.82. The SMILES string of the molecule is NC(=O)C(O)C(O)c1ccc(CO)c(F)c1. The van der Waals surface area contributed by atoms with Crippen molar-refractivity contribution in [3.8, 4) is 0 Å². The van der Waals surface area contributed by atoms with E-state index in [4.69, 9.17) is 15.9 Å². The van der Waals surface area contributed by atoms with E-state index in [0.29, 0.717) is 0 Å². The van der Waals surface area contributed by atoms with Crippen molar-refractivity contribution >= 4 is 5.91 Å². The summed E-state index contributed by atoms with van der Waals surface area (Å²) in [6.07, 6.45) is -3.38. The molecule has 0 saturated heterocycles. The first-order valence-corrected chi connectivity index (χ1v) is 4.52. The molecule has 0 heterocycles. The molecule has 0 saturated carbocycles. The quantitative estimate of drug-likeness (QED) is 0.542. The molecule has 0 radical (unpaired) electrons. The number of aliphatic hydroxyl groups is 3. The van der Waals surface area contributed by atoms with Crippen LogP contribution in [0.25, 0.3) is 0 Å². The van der Waals surface area contributed by atoms with Gasteiger partial charge in [-0.1, -0.05) is 12.1 Å². The van der Waals surface area contributed by atoms with E-state index in [2.05, 4.69) is 0 Å². The minimum Gasteiger partial charge on any atom is -0.392 e. The fourth-order valence-corrected chi connectivity index (χ4v) is 1.21. The molecule has 0 fully saturated rings. The van der Waals surface area contributed by atoms with Crippen molar-refractivity contribution in [1.82, 2.24) is 0 Å². The Bertz CT molecular complexity index is 396. The third-order valence-corrected chi connectivity index (χ3v) is 2.18. The Morgan fingerprint density at radius 3 is 2.50 bits per heavy atom. The Kier molecular flexibility index (Phi) is 3.94. The first kappa shape index (κ1) is 12.6. The maximum Gasteiger partial charge on any atom is 0.249 e. The molecule has 2 atom stereocenters. The highest BCUT2D eigenvalue weighted by Crippen LogP contribution is 2.19. The Morgan fingerprint density at radius 1 is 1.44 bits per heavy atom. The van der Waals surface area contributed by atoms with E-state index >= 15 is 0 Å². The highest BCUT2D eigenvalue weighted by molar-refractivity contribution is 5.79. The largest absolute Gasteiger partial charge is 0.392 e. The average molecular weight is 229 g/mol. The molecule has 1 aromatic carbocycles. The van der Waals surface area contributed by atoms with Crippen molar-refractivity contribution in [3.05, 3.63) is 35.1 Å². The van der Waals surface area contributed by atoms with Crippen LogP contribution < -0.4 is 5.73 Å². The zero-order valence-corrected chi connectivity index (χ0v) is 8.30. The minimum atomic E-state index is -1.79. The molecule has 1 rings (SSSR count). The van der Waals surface area contributed by atoms with E-state index in [1.54, 1.807) is 0 Å². The Hall–Kier alpha value is -1.50. The molecule has 0 aliphatic carbocycles. The van der Waals surface area contributed by atoms with Crippen LogP contribution in [0, 0.1) is 5.82 Å². The van der Waals surface area contributed by atoms with Crippen LogP contribution in [0.4, 0.5) is 4.39 Å². The van der Waals surface area contributed by atoms with Gasteiger partial charge in [-0.2, -0.15) is 0 Å². The first-order chi connectivity index (χ1) is 7.47. The van der Waals surface area contributed by atoms with Crippen molar-refractivity contribution in [3.63, 3.8) is 0 Å². The summed E-state index contributed by atoms with van der Waals surface area (Å²) >= 11 is 0. The van der Waals surface area contributed by atoms with E-state index in [1.165, 1.54) is 12.1 Å². The number of benzene rings is 1. The van der Waals surface area contributed by atoms with Crippen LogP contribution in [0.1, 0.15) is 17.2 Å². The van der Waals surface area contributed by atoms with Crippen LogP contribution >= 0.6 is 0 Å². The van der Waals surface area contributed by atoms with Crippen LogP contribution in [-0.4, -0.2) is 27.3 Å². The molecule has 1 aromatic rings. The maximum atomic E-state index is 13.2. The number of carbonyl (C=O) groups excluding carboxylic acids is 1. The van der Waals surface area contributed by atoms with E-state index in [0.717, 1.165) is 6.07 Å². The normalized spacial score (nSPS) is 14.5. The molecule has 0 aromatic heterocycles. The molecule has 6 heteroatoms. The predicted molar refractivity (Wildman–Crippen MR) is 52.5 cm³/mol. The van der Waals surface area contributed by atoms with E-state index < -0.39 is 30.5 Å². The molecule has 1 amide bonds. The molecule has 16 heavy (non-hydrogen) atoms. The monoisotopic (exact) mass is 229 g/mol. The Morgan fingerprint density at radius 2 is 2.06 bits per heavy atom. The van der Waals surface area contributed by atoms with Crippen LogP contribution in [0.5, 0.6) is 0 Å². The molecular formula is C10H12FNO4. The number of carbonyl (C=O) groups is 1. The molecule has 0 aliphatic heterocycles. The summed E-state index contributed by atoms with van der Waals surface area (Å²) in [5.41, 5.74) is 4.86. The van der Waals surface area contributed by atoms with Gasteiger partial charge in [-0.25, -0.2) is 4.39 Å². The number of hydrogen-bond acceptors (Lipinski definition) is 4. The number of aliphatic hydroxyl groups excluding tert-OH is 3. The van der Waals surface area contributed by atoms with Gasteiger partial charge in [0.25, 0.3) is 0 Å². The number of rotatable bonds is 4. The molecule has 0 bridgehead atoms. The van der Waals surface area contributed by atoms with Gasteiger partial charge in [0.15, 0.2) is 6.10 Å². The summed E-state index contributed by atoms with van der Waals surface area (Å²) in [6.45, 7) is -0.472. The van der Waals surface area contributed by atoms with Crippen LogP contribution in [-0.2, 0) is 11.4 Å². The number of primary amides is 1. The van der Waals surface area contributed by atoms with Gasteiger partial charge in [0.2, 0.25) is 5.91 Å². The lowest BCUT2D eigenvalue weighted by atomic mass is 10.0. The lowest BCUT2D eigenvalue weighted by Gasteiger charge is -2.15. The second-order valence-corrected chi connectivity index (χ2v) is 3.30. The van der Waals surface area contributed by atoms with Crippen molar-refractivity contribution in [2.75, 3.05) is 0 Å². The number of halogens is 1. The van der Waals surface area contributed by atoms with Gasteiger partial charge < -0.3 is 21.1 Å². The second-order valence-electron chi connectivity index (χ2n) is 3.30. The standard InChI is InChI=1S/C10H12FNO4/c11-7-3-5(1-2-6(7)4-13)8(14)9(15)10(12)16/h1-3,8-9,13-15H,4H2,(H2,12,16). The molecule has 0 spiro atoms. The molecule has 2 unspecified atom stereocenters. The van der Waals surface area contributed by atoms with E-state index in [-0.39, 0.29) is 11.1 Å². The lowest BCUT2D eigenvalue weighted by molar-refractivity contribution is -0.131. The van der Waals surface area contributed by atoms with Crippen molar-refractivity contribution in [2.45, 2.75) is 18.8 Å².